The van der Waals surface area contributed by atoms with E-state index in [0.29, 0.717) is 21.3 Å². The predicted molar refractivity (Wildman–Crippen MR) is 151 cm³/mol. The number of amides is 1. The van der Waals surface area contributed by atoms with Gasteiger partial charge in [-0.3, -0.25) is 9.59 Å². The van der Waals surface area contributed by atoms with Gasteiger partial charge in [-0.25, -0.2) is 0 Å². The molecule has 0 unspecified atom stereocenters. The molecule has 0 radical (unpaired) electrons. The lowest BCUT2D eigenvalue weighted by atomic mass is 10.1. The minimum atomic E-state index is -4.19. The molecule has 1 amide bonds. The lowest BCUT2D eigenvalue weighted by molar-refractivity contribution is -0.468. The van der Waals surface area contributed by atoms with Gasteiger partial charge in [0.1, 0.15) is 11.2 Å². The Labute approximate surface area is 230 Å². The average molecular weight is 562 g/mol. The largest absolute Gasteiger partial charge is 0.805 e. The number of para-hydroxylation sites is 3. The number of Topliss-reactive ketones (excluding diaryl/α,β-unsaturated/α-hetero) is 1. The maximum absolute atomic E-state index is 13.4. The van der Waals surface area contributed by atoms with Crippen LogP contribution in [0, 0.1) is 24.0 Å². The summed E-state index contributed by atoms with van der Waals surface area (Å²) in [5, 5.41) is 19.3. The van der Waals surface area contributed by atoms with Crippen LogP contribution in [0.15, 0.2) is 82.8 Å². The number of ketones is 1. The van der Waals surface area contributed by atoms with Crippen molar-refractivity contribution in [2.24, 2.45) is 5.10 Å². The Morgan fingerprint density at radius 3 is 2.33 bits per heavy atom. The molecular formula is C28H27N5O6S. The third kappa shape index (κ3) is 5.76. The first-order valence-corrected chi connectivity index (χ1v) is 13.8. The summed E-state index contributed by atoms with van der Waals surface area (Å²) >= 11 is 0. The molecule has 11 nitrogen and oxygen atoms in total. The molecule has 0 aliphatic heterocycles. The van der Waals surface area contributed by atoms with Crippen LogP contribution in [0.4, 0.5) is 5.69 Å². The number of sulfonamides is 1. The van der Waals surface area contributed by atoms with Crippen molar-refractivity contribution < 1.29 is 22.4 Å². The van der Waals surface area contributed by atoms with Crippen molar-refractivity contribution in [2.75, 3.05) is 5.32 Å². The van der Waals surface area contributed by atoms with Crippen molar-refractivity contribution in [1.82, 2.24) is 9.56 Å². The van der Waals surface area contributed by atoms with Gasteiger partial charge in [-0.2, -0.15) is 18.4 Å². The summed E-state index contributed by atoms with van der Waals surface area (Å²) in [6, 6.07) is 18.9. The summed E-state index contributed by atoms with van der Waals surface area (Å²) in [6.45, 7) is 5.01. The zero-order valence-corrected chi connectivity index (χ0v) is 22.9. The fourth-order valence-electron chi connectivity index (χ4n) is 4.10. The van der Waals surface area contributed by atoms with E-state index in [9.17, 15) is 28.1 Å². The number of hydrogen-bond donors (Lipinski definition) is 2. The Hall–Kier alpha value is -4.84. The van der Waals surface area contributed by atoms with E-state index in [0.717, 1.165) is 11.1 Å². The third-order valence-corrected chi connectivity index (χ3v) is 7.53. The van der Waals surface area contributed by atoms with Gasteiger partial charge in [0.05, 0.1) is 21.4 Å². The third-order valence-electron chi connectivity index (χ3n) is 6.30. The number of aryl methyl sites for hydroxylation is 2. The van der Waals surface area contributed by atoms with Crippen LogP contribution < -0.4 is 14.6 Å². The molecule has 12 heteroatoms. The molecular weight excluding hydrogens is 534 g/mol. The molecule has 1 aromatic heterocycles. The fourth-order valence-corrected chi connectivity index (χ4v) is 4.93. The van der Waals surface area contributed by atoms with Crippen LogP contribution in [0.25, 0.3) is 11.0 Å². The van der Waals surface area contributed by atoms with Crippen molar-refractivity contribution >= 4 is 44.1 Å². The van der Waals surface area contributed by atoms with Crippen LogP contribution in [0.2, 0.25) is 0 Å². The Balaban J connectivity index is 1.73. The minimum Gasteiger partial charge on any atom is -0.805 e. The van der Waals surface area contributed by atoms with Gasteiger partial charge in [0.2, 0.25) is 5.78 Å². The van der Waals surface area contributed by atoms with Gasteiger partial charge < -0.3 is 15.3 Å². The smallest absolute Gasteiger partial charge is 0.325 e. The van der Waals surface area contributed by atoms with Gasteiger partial charge in [0.25, 0.3) is 21.4 Å². The zero-order chi connectivity index (χ0) is 29.0. The van der Waals surface area contributed by atoms with E-state index < -0.39 is 39.5 Å². The summed E-state index contributed by atoms with van der Waals surface area (Å²) in [4.78, 5) is 41.7. The molecule has 40 heavy (non-hydrogen) atoms. The maximum atomic E-state index is 13.4. The van der Waals surface area contributed by atoms with Gasteiger partial charge in [-0.15, -0.1) is 0 Å². The van der Waals surface area contributed by atoms with Gasteiger partial charge in [0.15, 0.2) is 0 Å². The topological polar surface area (TPSA) is 156 Å². The predicted octanol–water partition coefficient (Wildman–Crippen LogP) is 3.63. The SMILES string of the molecule is CCc1ccccc1NC(=O)/C(CC(=O)c1c(C)n([O-])c2ccccc2[n+]1=O)=N/NS(=O)(=O)c1ccc(C)cc1. The number of carbonyl (C=O) groups is 2. The molecule has 0 spiro atoms. The molecule has 0 saturated carbocycles. The van der Waals surface area contributed by atoms with Gasteiger partial charge in [0, 0.05) is 16.7 Å². The summed E-state index contributed by atoms with van der Waals surface area (Å²) in [5.74, 6) is -1.75. The van der Waals surface area contributed by atoms with E-state index in [1.807, 2.05) is 17.8 Å². The second-order valence-electron chi connectivity index (χ2n) is 9.04. The van der Waals surface area contributed by atoms with Crippen LogP contribution in [0.3, 0.4) is 0 Å². The highest BCUT2D eigenvalue weighted by molar-refractivity contribution is 7.89. The fraction of sp³-hybridized carbons (Fsp3) is 0.179. The number of fused-ring (bicyclic) bond motifs is 1. The van der Waals surface area contributed by atoms with Crippen molar-refractivity contribution in [2.45, 2.75) is 38.5 Å². The molecule has 0 atom stereocenters. The highest BCUT2D eigenvalue weighted by Crippen LogP contribution is 2.18. The Morgan fingerprint density at radius 1 is 0.975 bits per heavy atom. The van der Waals surface area contributed by atoms with E-state index in [2.05, 4.69) is 10.4 Å². The molecule has 0 bridgehead atoms. The van der Waals surface area contributed by atoms with Crippen LogP contribution in [-0.2, 0) is 21.2 Å². The molecule has 0 saturated heterocycles. The molecule has 2 N–H and O–H groups in total. The first kappa shape index (κ1) is 28.2. The second kappa shape index (κ2) is 11.5. The van der Waals surface area contributed by atoms with Crippen molar-refractivity contribution in [1.29, 1.82) is 0 Å². The molecule has 0 fully saturated rings. The number of nitrogens with zero attached hydrogens (tertiary/aromatic N) is 3. The monoisotopic (exact) mass is 561 g/mol. The Kier molecular flexibility index (Phi) is 8.10. The molecule has 4 aromatic rings. The lowest BCUT2D eigenvalue weighted by Gasteiger charge is -2.16. The quantitative estimate of drug-likeness (QED) is 0.138. The minimum absolute atomic E-state index is 0.0358. The molecule has 0 aliphatic carbocycles. The summed E-state index contributed by atoms with van der Waals surface area (Å²) in [7, 11) is -4.19. The highest BCUT2D eigenvalue weighted by Gasteiger charge is 2.30. The number of carbonyl (C=O) groups excluding carboxylic acids is 2. The first-order chi connectivity index (χ1) is 19.0. The van der Waals surface area contributed by atoms with Crippen LogP contribution in [0.1, 0.15) is 40.7 Å². The molecule has 206 valence electrons. The van der Waals surface area contributed by atoms with E-state index in [1.54, 1.807) is 49.4 Å². The van der Waals surface area contributed by atoms with E-state index in [-0.39, 0.29) is 21.6 Å². The lowest BCUT2D eigenvalue weighted by Crippen LogP contribution is -2.34. The van der Waals surface area contributed by atoms with Crippen LogP contribution in [0.5, 0.6) is 0 Å². The number of hydrogen-bond acceptors (Lipinski definition) is 7. The van der Waals surface area contributed by atoms with Crippen molar-refractivity contribution in [3.63, 3.8) is 0 Å². The van der Waals surface area contributed by atoms with E-state index in [1.165, 1.54) is 31.2 Å². The number of benzene rings is 3. The van der Waals surface area contributed by atoms with Gasteiger partial charge in [-0.05, 0) is 50.1 Å². The zero-order valence-electron chi connectivity index (χ0n) is 22.0. The molecule has 1 heterocycles. The summed E-state index contributed by atoms with van der Waals surface area (Å²) in [6.07, 6.45) is -0.171. The van der Waals surface area contributed by atoms with Crippen LogP contribution in [-0.4, -0.2) is 30.6 Å². The highest BCUT2D eigenvalue weighted by atomic mass is 32.2. The van der Waals surface area contributed by atoms with Crippen molar-refractivity contribution in [3.05, 3.63) is 105 Å². The van der Waals surface area contributed by atoms with Gasteiger partial charge in [-0.1, -0.05) is 55.0 Å². The Bertz CT molecular complexity index is 1810. The number of anilines is 1. The first-order valence-electron chi connectivity index (χ1n) is 12.4. The standard InChI is InChI=1S/C28H27N5O6S/c1-4-20-9-5-6-10-22(20)29-28(35)23(30-31-40(38,39)21-15-13-18(2)14-16-21)17-26(34)27-19(3)32(36)24-11-7-8-12-25(24)33(27)37/h5-16,31H,4,17H2,1-3H3,(H,29,35)/b30-23+. The maximum Gasteiger partial charge on any atom is 0.325 e. The van der Waals surface area contributed by atoms with Crippen LogP contribution >= 0.6 is 0 Å². The molecule has 3 aromatic carbocycles. The summed E-state index contributed by atoms with van der Waals surface area (Å²) < 4.78 is 26.5. The number of nitrogens with one attached hydrogen (secondary N) is 2. The number of hydrazone groups is 1. The van der Waals surface area contributed by atoms with E-state index in [4.69, 9.17) is 0 Å². The second-order valence-corrected chi connectivity index (χ2v) is 10.7. The average Bonchev–Trinajstić information content (AvgIpc) is 2.94. The van der Waals surface area contributed by atoms with Gasteiger partial charge >= 0.3 is 5.69 Å². The number of rotatable bonds is 9. The van der Waals surface area contributed by atoms with Crippen molar-refractivity contribution in [3.8, 4) is 0 Å². The van der Waals surface area contributed by atoms with E-state index >= 15 is 0 Å². The summed E-state index contributed by atoms with van der Waals surface area (Å²) in [5.41, 5.74) is 0.976. The number of aromatic nitrogens is 2. The molecule has 0 aliphatic rings. The molecule has 4 rings (SSSR count). The Morgan fingerprint density at radius 2 is 1.62 bits per heavy atom. The normalized spacial score (nSPS) is 11.8.